The normalized spacial score (nSPS) is 21.3. The van der Waals surface area contributed by atoms with E-state index in [9.17, 15) is 4.79 Å². The highest BCUT2D eigenvalue weighted by Crippen LogP contribution is 2.35. The van der Waals surface area contributed by atoms with Crippen LogP contribution >= 0.6 is 23.4 Å². The van der Waals surface area contributed by atoms with Crippen molar-refractivity contribution in [1.82, 2.24) is 0 Å². The first-order valence-corrected chi connectivity index (χ1v) is 8.17. The van der Waals surface area contributed by atoms with E-state index in [4.69, 9.17) is 16.3 Å². The lowest BCUT2D eigenvalue weighted by Crippen LogP contribution is -2.35. The molecule has 0 aromatic heterocycles. The summed E-state index contributed by atoms with van der Waals surface area (Å²) in [6.45, 7) is 4.55. The van der Waals surface area contributed by atoms with Gasteiger partial charge < -0.3 is 10.1 Å². The third-order valence-electron chi connectivity index (χ3n) is 3.36. The van der Waals surface area contributed by atoms with Crippen LogP contribution in [0.2, 0.25) is 5.02 Å². The Hall–Kier alpha value is -0.870. The molecule has 1 fully saturated rings. The van der Waals surface area contributed by atoms with Gasteiger partial charge in [0.2, 0.25) is 0 Å². The molecule has 1 heterocycles. The van der Waals surface area contributed by atoms with E-state index in [1.54, 1.807) is 12.1 Å². The number of halogens is 1. The number of hydrogen-bond acceptors (Lipinski definition) is 4. The van der Waals surface area contributed by atoms with Crippen LogP contribution in [0.25, 0.3) is 0 Å². The van der Waals surface area contributed by atoms with Gasteiger partial charge in [-0.25, -0.2) is 4.79 Å². The van der Waals surface area contributed by atoms with Crippen LogP contribution < -0.4 is 5.32 Å². The monoisotopic (exact) mass is 313 g/mol. The molecule has 1 aliphatic heterocycles. The van der Waals surface area contributed by atoms with Crippen molar-refractivity contribution in [3.8, 4) is 0 Å². The smallest absolute Gasteiger partial charge is 0.340 e. The van der Waals surface area contributed by atoms with Gasteiger partial charge in [-0.3, -0.25) is 0 Å². The van der Waals surface area contributed by atoms with E-state index in [1.165, 1.54) is 12.9 Å². The number of esters is 1. The van der Waals surface area contributed by atoms with Crippen LogP contribution in [-0.4, -0.2) is 30.6 Å². The molecule has 1 saturated heterocycles. The van der Waals surface area contributed by atoms with Gasteiger partial charge >= 0.3 is 5.97 Å². The van der Waals surface area contributed by atoms with Crippen molar-refractivity contribution < 1.29 is 9.53 Å². The van der Waals surface area contributed by atoms with E-state index in [1.807, 2.05) is 17.8 Å². The number of carbonyl (C=O) groups excluding carboxylic acids is 1. The summed E-state index contributed by atoms with van der Waals surface area (Å²) in [7, 11) is 1.38. The predicted octanol–water partition coefficient (Wildman–Crippen LogP) is 4.07. The molecule has 5 heteroatoms. The second-order valence-electron chi connectivity index (χ2n) is 5.91. The van der Waals surface area contributed by atoms with Crippen LogP contribution in [0.4, 0.5) is 5.69 Å². The Kier molecular flexibility index (Phi) is 4.86. The molecule has 1 aliphatic rings. The molecule has 3 nitrogen and oxygen atoms in total. The van der Waals surface area contributed by atoms with Crippen LogP contribution in [0.3, 0.4) is 0 Å². The van der Waals surface area contributed by atoms with Crippen LogP contribution in [0.1, 0.15) is 30.6 Å². The van der Waals surface area contributed by atoms with Gasteiger partial charge in [0, 0.05) is 22.5 Å². The van der Waals surface area contributed by atoms with Gasteiger partial charge in [0.1, 0.15) is 0 Å². The van der Waals surface area contributed by atoms with E-state index >= 15 is 0 Å². The molecule has 1 N–H and O–H groups in total. The van der Waals surface area contributed by atoms with Gasteiger partial charge in [0.15, 0.2) is 0 Å². The lowest BCUT2D eigenvalue weighted by Gasteiger charge is -2.35. The molecule has 20 heavy (non-hydrogen) atoms. The summed E-state index contributed by atoms with van der Waals surface area (Å²) in [4.78, 5) is 11.8. The van der Waals surface area contributed by atoms with Crippen molar-refractivity contribution in [2.75, 3.05) is 23.9 Å². The largest absolute Gasteiger partial charge is 0.465 e. The number of thioether (sulfide) groups is 1. The van der Waals surface area contributed by atoms with Gasteiger partial charge in [-0.05, 0) is 35.8 Å². The SMILES string of the molecule is COC(=O)c1cc(Cl)ccc1NC1CSCC(C)(C)C1. The number of ether oxygens (including phenoxy) is 1. The first kappa shape index (κ1) is 15.5. The quantitative estimate of drug-likeness (QED) is 0.854. The number of hydrogen-bond donors (Lipinski definition) is 1. The minimum Gasteiger partial charge on any atom is -0.465 e. The summed E-state index contributed by atoms with van der Waals surface area (Å²) in [5, 5.41) is 4.00. The number of nitrogens with one attached hydrogen (secondary N) is 1. The summed E-state index contributed by atoms with van der Waals surface area (Å²) in [5.41, 5.74) is 1.61. The number of methoxy groups -OCH3 is 1. The Morgan fingerprint density at radius 3 is 2.90 bits per heavy atom. The maximum absolute atomic E-state index is 11.8. The Balaban J connectivity index is 2.18. The molecule has 0 amide bonds. The highest BCUT2D eigenvalue weighted by Gasteiger charge is 2.29. The van der Waals surface area contributed by atoms with Crippen molar-refractivity contribution in [3.05, 3.63) is 28.8 Å². The van der Waals surface area contributed by atoms with Gasteiger partial charge in [-0.15, -0.1) is 0 Å². The summed E-state index contributed by atoms with van der Waals surface area (Å²) >= 11 is 7.91. The van der Waals surface area contributed by atoms with Crippen molar-refractivity contribution >= 4 is 35.0 Å². The molecule has 0 aliphatic carbocycles. The summed E-state index contributed by atoms with van der Waals surface area (Å²) < 4.78 is 4.82. The van der Waals surface area contributed by atoms with Crippen LogP contribution in [-0.2, 0) is 4.74 Å². The van der Waals surface area contributed by atoms with E-state index in [-0.39, 0.29) is 5.97 Å². The second-order valence-corrected chi connectivity index (χ2v) is 7.37. The van der Waals surface area contributed by atoms with Gasteiger partial charge in [-0.2, -0.15) is 11.8 Å². The zero-order valence-corrected chi connectivity index (χ0v) is 13.6. The number of rotatable bonds is 3. The predicted molar refractivity (Wildman–Crippen MR) is 85.9 cm³/mol. The first-order valence-electron chi connectivity index (χ1n) is 6.63. The topological polar surface area (TPSA) is 38.3 Å². The van der Waals surface area contributed by atoms with E-state index < -0.39 is 0 Å². The molecule has 1 unspecified atom stereocenters. The molecule has 110 valence electrons. The molecule has 0 spiro atoms. The standard InChI is InChI=1S/C15H20ClNO2S/c1-15(2)7-11(8-20-9-15)17-13-5-4-10(16)6-12(13)14(18)19-3/h4-6,11,17H,7-9H2,1-3H3. The molecule has 1 aromatic carbocycles. The Labute approximate surface area is 129 Å². The molecular formula is C15H20ClNO2S. The van der Waals surface area contributed by atoms with Crippen LogP contribution in [0.5, 0.6) is 0 Å². The third-order valence-corrected chi connectivity index (χ3v) is 5.22. The van der Waals surface area contributed by atoms with Gasteiger partial charge in [-0.1, -0.05) is 25.4 Å². The summed E-state index contributed by atoms with van der Waals surface area (Å²) in [5.74, 6) is 1.86. The second kappa shape index (κ2) is 6.27. The van der Waals surface area contributed by atoms with E-state index in [2.05, 4.69) is 19.2 Å². The molecule has 0 radical (unpaired) electrons. The highest BCUT2D eigenvalue weighted by atomic mass is 35.5. The first-order chi connectivity index (χ1) is 9.41. The van der Waals surface area contributed by atoms with Crippen molar-refractivity contribution in [1.29, 1.82) is 0 Å². The molecule has 0 saturated carbocycles. The highest BCUT2D eigenvalue weighted by molar-refractivity contribution is 7.99. The Morgan fingerprint density at radius 2 is 2.25 bits per heavy atom. The van der Waals surface area contributed by atoms with Crippen molar-refractivity contribution in [2.24, 2.45) is 5.41 Å². The van der Waals surface area contributed by atoms with Gasteiger partial charge in [0.25, 0.3) is 0 Å². The number of carbonyl (C=O) groups is 1. The summed E-state index contributed by atoms with van der Waals surface area (Å²) in [6, 6.07) is 5.64. The number of benzene rings is 1. The molecular weight excluding hydrogens is 294 g/mol. The minimum atomic E-state index is -0.363. The Morgan fingerprint density at radius 1 is 1.50 bits per heavy atom. The van der Waals surface area contributed by atoms with E-state index in [0.717, 1.165) is 17.9 Å². The zero-order valence-electron chi connectivity index (χ0n) is 12.0. The average Bonchev–Trinajstić information content (AvgIpc) is 2.39. The molecule has 1 atom stereocenters. The van der Waals surface area contributed by atoms with E-state index in [0.29, 0.717) is 22.0 Å². The lowest BCUT2D eigenvalue weighted by atomic mass is 9.87. The lowest BCUT2D eigenvalue weighted by molar-refractivity contribution is 0.0602. The van der Waals surface area contributed by atoms with Crippen LogP contribution in [0.15, 0.2) is 18.2 Å². The molecule has 0 bridgehead atoms. The average molecular weight is 314 g/mol. The van der Waals surface area contributed by atoms with Crippen LogP contribution in [0, 0.1) is 5.41 Å². The van der Waals surface area contributed by atoms with Crippen molar-refractivity contribution in [3.63, 3.8) is 0 Å². The van der Waals surface area contributed by atoms with Gasteiger partial charge in [0.05, 0.1) is 12.7 Å². The minimum absolute atomic E-state index is 0.318. The fraction of sp³-hybridized carbons (Fsp3) is 0.533. The number of anilines is 1. The molecule has 2 rings (SSSR count). The fourth-order valence-corrected chi connectivity index (χ4v) is 3.94. The third kappa shape index (κ3) is 3.83. The van der Waals surface area contributed by atoms with Crippen molar-refractivity contribution in [2.45, 2.75) is 26.3 Å². The summed E-state index contributed by atoms with van der Waals surface area (Å²) in [6.07, 6.45) is 1.09. The zero-order chi connectivity index (χ0) is 14.8. The maximum Gasteiger partial charge on any atom is 0.340 e. The fourth-order valence-electron chi connectivity index (χ4n) is 2.50. The maximum atomic E-state index is 11.8. The molecule has 1 aromatic rings. The Bertz CT molecular complexity index is 505.